The van der Waals surface area contributed by atoms with Gasteiger partial charge in [-0.1, -0.05) is 6.92 Å². The molecular weight excluding hydrogens is 230 g/mol. The van der Waals surface area contributed by atoms with E-state index in [1.165, 1.54) is 0 Å². The number of hydrogen-bond donors (Lipinski definition) is 1. The van der Waals surface area contributed by atoms with Crippen LogP contribution in [-0.4, -0.2) is 37.7 Å². The van der Waals surface area contributed by atoms with Crippen LogP contribution in [0.25, 0.3) is 0 Å². The standard InChI is InChI=1S/C10H21NO4S/c1-6-16(13,14)7-8(2)11-9(12)15-10(3,4)5/h8H,6-7H2,1-5H3,(H,11,12). The highest BCUT2D eigenvalue weighted by molar-refractivity contribution is 7.91. The fourth-order valence-electron chi connectivity index (χ4n) is 1.05. The highest BCUT2D eigenvalue weighted by Crippen LogP contribution is 2.07. The van der Waals surface area contributed by atoms with E-state index in [4.69, 9.17) is 4.74 Å². The fraction of sp³-hybridized carbons (Fsp3) is 0.900. The van der Waals surface area contributed by atoms with Gasteiger partial charge in [-0.15, -0.1) is 0 Å². The number of sulfone groups is 1. The minimum absolute atomic E-state index is 0.0667. The van der Waals surface area contributed by atoms with Gasteiger partial charge in [0.15, 0.2) is 9.84 Å². The zero-order valence-corrected chi connectivity index (χ0v) is 11.3. The predicted octanol–water partition coefficient (Wildman–Crippen LogP) is 1.33. The molecule has 16 heavy (non-hydrogen) atoms. The molecule has 0 radical (unpaired) electrons. The molecule has 1 amide bonds. The minimum Gasteiger partial charge on any atom is -0.444 e. The molecule has 6 heteroatoms. The van der Waals surface area contributed by atoms with Crippen LogP contribution >= 0.6 is 0 Å². The van der Waals surface area contributed by atoms with Crippen LogP contribution in [0.5, 0.6) is 0 Å². The summed E-state index contributed by atoms with van der Waals surface area (Å²) in [5, 5.41) is 2.49. The summed E-state index contributed by atoms with van der Waals surface area (Å²) in [5.74, 6) is 0.0100. The van der Waals surface area contributed by atoms with Gasteiger partial charge < -0.3 is 10.1 Å². The molecule has 0 saturated heterocycles. The summed E-state index contributed by atoms with van der Waals surface area (Å²) in [7, 11) is -3.08. The summed E-state index contributed by atoms with van der Waals surface area (Å²) in [4.78, 5) is 11.3. The molecule has 5 nitrogen and oxygen atoms in total. The molecule has 0 aliphatic carbocycles. The quantitative estimate of drug-likeness (QED) is 0.818. The van der Waals surface area contributed by atoms with Gasteiger partial charge in [0, 0.05) is 11.8 Å². The van der Waals surface area contributed by atoms with Gasteiger partial charge >= 0.3 is 6.09 Å². The minimum atomic E-state index is -3.08. The van der Waals surface area contributed by atoms with Crippen molar-refractivity contribution in [1.82, 2.24) is 5.32 Å². The van der Waals surface area contributed by atoms with Crippen molar-refractivity contribution in [2.24, 2.45) is 0 Å². The highest BCUT2D eigenvalue weighted by atomic mass is 32.2. The molecule has 0 aromatic carbocycles. The topological polar surface area (TPSA) is 72.5 Å². The number of rotatable bonds is 4. The summed E-state index contributed by atoms with van der Waals surface area (Å²) in [6, 6.07) is -0.445. The van der Waals surface area contributed by atoms with Crippen LogP contribution in [-0.2, 0) is 14.6 Å². The second kappa shape index (κ2) is 5.52. The molecule has 1 N–H and O–H groups in total. The normalized spacial score (nSPS) is 14.3. The first kappa shape index (κ1) is 15.2. The molecule has 0 aromatic rings. The molecule has 1 atom stereocenters. The first-order valence-electron chi connectivity index (χ1n) is 5.25. The lowest BCUT2D eigenvalue weighted by Crippen LogP contribution is -2.41. The third kappa shape index (κ3) is 7.50. The smallest absolute Gasteiger partial charge is 0.407 e. The first-order chi connectivity index (χ1) is 7.06. The Balaban J connectivity index is 4.17. The van der Waals surface area contributed by atoms with Gasteiger partial charge in [0.05, 0.1) is 5.75 Å². The summed E-state index contributed by atoms with van der Waals surface area (Å²) in [6.45, 7) is 8.47. The van der Waals surface area contributed by atoms with Crippen molar-refractivity contribution >= 4 is 15.9 Å². The monoisotopic (exact) mass is 251 g/mol. The van der Waals surface area contributed by atoms with Crippen LogP contribution in [0.1, 0.15) is 34.6 Å². The molecule has 0 spiro atoms. The lowest BCUT2D eigenvalue weighted by atomic mass is 10.2. The fourth-order valence-corrected chi connectivity index (χ4v) is 2.13. The Morgan fingerprint density at radius 3 is 2.25 bits per heavy atom. The Morgan fingerprint density at radius 2 is 1.88 bits per heavy atom. The van der Waals surface area contributed by atoms with Gasteiger partial charge in [-0.25, -0.2) is 13.2 Å². The average Bonchev–Trinajstić information content (AvgIpc) is 1.98. The van der Waals surface area contributed by atoms with E-state index >= 15 is 0 Å². The van der Waals surface area contributed by atoms with Crippen molar-refractivity contribution in [2.45, 2.75) is 46.3 Å². The largest absolute Gasteiger partial charge is 0.444 e. The van der Waals surface area contributed by atoms with Crippen LogP contribution in [0.3, 0.4) is 0 Å². The van der Waals surface area contributed by atoms with Gasteiger partial charge in [-0.3, -0.25) is 0 Å². The molecule has 0 bridgehead atoms. The second-order valence-electron chi connectivity index (χ2n) is 4.75. The highest BCUT2D eigenvalue weighted by Gasteiger charge is 2.20. The van der Waals surface area contributed by atoms with E-state index in [-0.39, 0.29) is 11.5 Å². The number of carbonyl (C=O) groups excluding carboxylic acids is 1. The second-order valence-corrected chi connectivity index (χ2v) is 7.14. The van der Waals surface area contributed by atoms with Gasteiger partial charge in [-0.2, -0.15) is 0 Å². The SMILES string of the molecule is CCS(=O)(=O)CC(C)NC(=O)OC(C)(C)C. The van der Waals surface area contributed by atoms with Crippen molar-refractivity contribution in [3.8, 4) is 0 Å². The van der Waals surface area contributed by atoms with Crippen LogP contribution in [0, 0.1) is 0 Å². The van der Waals surface area contributed by atoms with Crippen molar-refractivity contribution in [3.63, 3.8) is 0 Å². The molecule has 0 aromatic heterocycles. The van der Waals surface area contributed by atoms with Crippen LogP contribution in [0.4, 0.5) is 4.79 Å². The number of hydrogen-bond acceptors (Lipinski definition) is 4. The third-order valence-electron chi connectivity index (χ3n) is 1.71. The molecule has 0 aliphatic heterocycles. The Hall–Kier alpha value is -0.780. The number of amides is 1. The van der Waals surface area contributed by atoms with Crippen LogP contribution in [0.15, 0.2) is 0 Å². The molecular formula is C10H21NO4S. The molecule has 0 fully saturated rings. The molecule has 0 heterocycles. The zero-order chi connectivity index (χ0) is 13.0. The van der Waals surface area contributed by atoms with Gasteiger partial charge in [0.25, 0.3) is 0 Å². The van der Waals surface area contributed by atoms with Crippen LogP contribution in [0.2, 0.25) is 0 Å². The van der Waals surface area contributed by atoms with E-state index in [0.717, 1.165) is 0 Å². The summed E-state index contributed by atoms with van der Waals surface area (Å²) < 4.78 is 27.6. The van der Waals surface area contributed by atoms with E-state index < -0.39 is 27.6 Å². The molecule has 0 saturated carbocycles. The van der Waals surface area contributed by atoms with Crippen molar-refractivity contribution in [2.75, 3.05) is 11.5 Å². The number of nitrogens with one attached hydrogen (secondary N) is 1. The van der Waals surface area contributed by atoms with Crippen molar-refractivity contribution in [3.05, 3.63) is 0 Å². The van der Waals surface area contributed by atoms with Crippen LogP contribution < -0.4 is 5.32 Å². The van der Waals surface area contributed by atoms with E-state index in [2.05, 4.69) is 5.32 Å². The Labute approximate surface area is 97.5 Å². The molecule has 0 aliphatic rings. The van der Waals surface area contributed by atoms with E-state index in [9.17, 15) is 13.2 Å². The maximum atomic E-state index is 11.3. The van der Waals surface area contributed by atoms with E-state index in [1.807, 2.05) is 0 Å². The lowest BCUT2D eigenvalue weighted by molar-refractivity contribution is 0.0513. The maximum Gasteiger partial charge on any atom is 0.407 e. The van der Waals surface area contributed by atoms with Gasteiger partial charge in [0.1, 0.15) is 5.60 Å². The number of alkyl carbamates (subject to hydrolysis) is 1. The zero-order valence-electron chi connectivity index (χ0n) is 10.5. The summed E-state index contributed by atoms with van der Waals surface area (Å²) in [6.07, 6.45) is -0.591. The lowest BCUT2D eigenvalue weighted by Gasteiger charge is -2.21. The van der Waals surface area contributed by atoms with Crippen molar-refractivity contribution in [1.29, 1.82) is 0 Å². The summed E-state index contributed by atoms with van der Waals surface area (Å²) >= 11 is 0. The van der Waals surface area contributed by atoms with E-state index in [1.54, 1.807) is 34.6 Å². The average molecular weight is 251 g/mol. The number of carbonyl (C=O) groups is 1. The maximum absolute atomic E-state index is 11.3. The van der Waals surface area contributed by atoms with Gasteiger partial charge in [-0.05, 0) is 27.7 Å². The molecule has 0 rings (SSSR count). The molecule has 1 unspecified atom stereocenters. The Kier molecular flexibility index (Phi) is 5.25. The van der Waals surface area contributed by atoms with Gasteiger partial charge in [0.2, 0.25) is 0 Å². The molecule has 96 valence electrons. The number of ether oxygens (including phenoxy) is 1. The first-order valence-corrected chi connectivity index (χ1v) is 7.08. The third-order valence-corrected chi connectivity index (χ3v) is 3.59. The Morgan fingerprint density at radius 1 is 1.38 bits per heavy atom. The predicted molar refractivity (Wildman–Crippen MR) is 63.2 cm³/mol. The van der Waals surface area contributed by atoms with E-state index in [0.29, 0.717) is 0 Å². The Bertz CT molecular complexity index is 329. The van der Waals surface area contributed by atoms with Crippen molar-refractivity contribution < 1.29 is 17.9 Å². The summed E-state index contributed by atoms with van der Waals surface area (Å²) in [5.41, 5.74) is -0.576.